The Morgan fingerprint density at radius 3 is 1.27 bits per heavy atom. The highest BCUT2D eigenvalue weighted by Gasteiger charge is 2.52. The number of amides is 8. The van der Waals surface area contributed by atoms with Crippen LogP contribution in [0, 0.1) is 52.9 Å². The minimum Gasteiger partial charge on any atom is -0.476 e. The van der Waals surface area contributed by atoms with Crippen LogP contribution in [0.1, 0.15) is 104 Å². The Morgan fingerprint density at radius 1 is 0.473 bits per heavy atom. The molecular formula is C107H133F5N20O16. The van der Waals surface area contributed by atoms with Crippen molar-refractivity contribution in [1.82, 2.24) is 75.1 Å². The number of nitrogens with two attached hydrogens (primary N) is 1. The molecule has 36 nitrogen and oxygen atoms in total. The van der Waals surface area contributed by atoms with Crippen LogP contribution in [0.2, 0.25) is 0 Å². The number of benzene rings is 8. The summed E-state index contributed by atoms with van der Waals surface area (Å²) in [7, 11) is 12.8. The second-order valence-corrected chi connectivity index (χ2v) is 36.8. The van der Waals surface area contributed by atoms with Crippen molar-refractivity contribution in [2.75, 3.05) is 143 Å². The van der Waals surface area contributed by atoms with E-state index in [9.17, 15) is 41.1 Å². The van der Waals surface area contributed by atoms with E-state index in [0.29, 0.717) is 146 Å². The number of para-hydroxylation sites is 4. The zero-order valence-corrected chi connectivity index (χ0v) is 85.6. The Kier molecular flexibility index (Phi) is 41.6. The fourth-order valence-electron chi connectivity index (χ4n) is 17.4. The van der Waals surface area contributed by atoms with E-state index in [1.807, 2.05) is 211 Å². The largest absolute Gasteiger partial charge is 0.573 e. The van der Waals surface area contributed by atoms with Crippen LogP contribution >= 0.6 is 0 Å². The van der Waals surface area contributed by atoms with E-state index in [4.69, 9.17) is 68.5 Å². The SMILES string of the molecule is COCc1ccc(C)c(CNC(=O)Nc2c(C)c(OCC3CCCN(C)C3)nn2-c2ccccc2)c1.COCc1ccc(C)c(CNC(=O)Nc2c(C)c(OC[C@H](N)CO)nn2-c2ccccc2)c1.COCc1ccc(OC(F)(F)F)c(CNC(=O)Nc2c(C)c(OC[C@@H]3COCCN3C)nn2-c2ccccc2)c1.COCc1cccc(CNC(=O)Nc2c(C)c(OC3CC4(C3)CN(C)C4)nn2-c2ccccc2)c1.O=C(F)F. The van der Waals surface area contributed by atoms with Gasteiger partial charge in [-0.2, -0.15) is 0 Å². The lowest BCUT2D eigenvalue weighted by Crippen LogP contribution is -2.63. The van der Waals surface area contributed by atoms with E-state index in [0.717, 1.165) is 125 Å². The smallest absolute Gasteiger partial charge is 0.476 e. The molecule has 3 saturated heterocycles. The molecule has 3 atom stereocenters. The van der Waals surface area contributed by atoms with Crippen molar-refractivity contribution in [1.29, 1.82) is 0 Å². The van der Waals surface area contributed by atoms with Gasteiger partial charge in [-0.25, -0.2) is 42.7 Å². The number of ether oxygens (including phenoxy) is 10. The van der Waals surface area contributed by atoms with E-state index in [2.05, 4.69) is 92.3 Å². The predicted molar refractivity (Wildman–Crippen MR) is 552 cm³/mol. The summed E-state index contributed by atoms with van der Waals surface area (Å²) in [5, 5.41) is 50.8. The molecule has 41 heteroatoms. The minimum atomic E-state index is -4.88. The number of methoxy groups -OCH3 is 4. The third kappa shape index (κ3) is 32.8. The second kappa shape index (κ2) is 54.9. The molecule has 1 aliphatic carbocycles. The molecule has 4 aliphatic rings. The number of anilines is 4. The number of hydrogen-bond donors (Lipinski definition) is 10. The first kappa shape index (κ1) is 112. The number of aromatic nitrogens is 8. The van der Waals surface area contributed by atoms with Gasteiger partial charge < -0.3 is 89.3 Å². The van der Waals surface area contributed by atoms with Crippen LogP contribution in [0.5, 0.6) is 29.3 Å². The van der Waals surface area contributed by atoms with Gasteiger partial charge in [0, 0.05) is 97.7 Å². The molecule has 7 heterocycles. The summed E-state index contributed by atoms with van der Waals surface area (Å²) < 4.78 is 119. The molecule has 11 N–H and O–H groups in total. The number of likely N-dealkylation sites (N-methyl/N-ethyl adjacent to an activating group) is 1. The summed E-state index contributed by atoms with van der Waals surface area (Å²) in [5.74, 6) is 3.89. The van der Waals surface area contributed by atoms with Crippen molar-refractivity contribution in [2.24, 2.45) is 17.1 Å². The number of nitrogens with one attached hydrogen (secondary N) is 8. The normalized spacial score (nSPS) is 15.1. The number of likely N-dealkylation sites (tertiary alicyclic amines) is 2. The molecule has 8 aromatic carbocycles. The molecule has 1 spiro atoms. The van der Waals surface area contributed by atoms with Crippen LogP contribution in [0.4, 0.5) is 69.2 Å². The molecule has 792 valence electrons. The average molecular weight is 2050 g/mol. The number of carbonyl (C=O) groups is 5. The van der Waals surface area contributed by atoms with Gasteiger partial charge in [-0.1, -0.05) is 140 Å². The van der Waals surface area contributed by atoms with Gasteiger partial charge in [0.25, 0.3) is 0 Å². The van der Waals surface area contributed by atoms with Crippen molar-refractivity contribution in [2.45, 2.75) is 144 Å². The summed E-state index contributed by atoms with van der Waals surface area (Å²) in [6.07, 6.45) is -3.10. The Morgan fingerprint density at radius 2 is 0.858 bits per heavy atom. The maximum absolute atomic E-state index is 13.0. The van der Waals surface area contributed by atoms with Crippen molar-refractivity contribution in [3.63, 3.8) is 0 Å². The number of nitrogens with zero attached hydrogens (tertiary/aromatic N) is 11. The summed E-state index contributed by atoms with van der Waals surface area (Å²) in [4.78, 5) is 66.5. The van der Waals surface area contributed by atoms with Crippen LogP contribution in [0.3, 0.4) is 0 Å². The number of piperidine rings is 1. The van der Waals surface area contributed by atoms with Crippen LogP contribution < -0.4 is 72.0 Å². The van der Waals surface area contributed by atoms with Crippen LogP contribution in [0.15, 0.2) is 200 Å². The molecule has 12 aromatic rings. The van der Waals surface area contributed by atoms with Gasteiger partial charge in [0.15, 0.2) is 0 Å². The molecule has 4 aromatic heterocycles. The molecule has 4 fully saturated rings. The average Bonchev–Trinajstić information content (AvgIpc) is 1.70. The fraction of sp³-hybridized carbons (Fsp3) is 0.393. The minimum absolute atomic E-state index is 0.0525. The van der Waals surface area contributed by atoms with Gasteiger partial charge in [0.2, 0.25) is 23.5 Å². The Balaban J connectivity index is 0.000000173. The van der Waals surface area contributed by atoms with Crippen molar-refractivity contribution in [3.8, 4) is 52.0 Å². The van der Waals surface area contributed by atoms with E-state index < -0.39 is 30.5 Å². The molecule has 8 amide bonds. The number of aryl methyl sites for hydroxylation is 2. The number of halogens is 5. The molecular weight excluding hydrogens is 1920 g/mol. The second-order valence-electron chi connectivity index (χ2n) is 36.8. The highest BCUT2D eigenvalue weighted by molar-refractivity contribution is 5.92. The summed E-state index contributed by atoms with van der Waals surface area (Å²) in [6, 6.07) is 60.4. The van der Waals surface area contributed by atoms with E-state index in [1.54, 1.807) is 53.9 Å². The number of alkyl halides is 3. The van der Waals surface area contributed by atoms with Crippen molar-refractivity contribution < 1.29 is 98.4 Å². The predicted octanol–water partition coefficient (Wildman–Crippen LogP) is 16.8. The van der Waals surface area contributed by atoms with Gasteiger partial charge in [-0.3, -0.25) is 26.2 Å². The first-order valence-corrected chi connectivity index (χ1v) is 48.5. The van der Waals surface area contributed by atoms with Gasteiger partial charge >= 0.3 is 36.8 Å². The number of aliphatic hydroxyl groups is 1. The van der Waals surface area contributed by atoms with Crippen LogP contribution in [0.25, 0.3) is 22.7 Å². The van der Waals surface area contributed by atoms with Crippen molar-refractivity contribution >= 4 is 53.7 Å². The maximum atomic E-state index is 13.0. The zero-order valence-electron chi connectivity index (χ0n) is 85.6. The van der Waals surface area contributed by atoms with Gasteiger partial charge in [-0.15, -0.1) is 42.3 Å². The topological polar surface area (TPSA) is 401 Å². The van der Waals surface area contributed by atoms with E-state index in [-0.39, 0.29) is 62.2 Å². The number of aliphatic hydroxyl groups excluding tert-OH is 1. The highest BCUT2D eigenvalue weighted by atomic mass is 19.4. The Bertz CT molecular complexity index is 6300. The number of rotatable bonds is 37. The maximum Gasteiger partial charge on any atom is 0.573 e. The summed E-state index contributed by atoms with van der Waals surface area (Å²) in [5.41, 5.74) is 21.4. The van der Waals surface area contributed by atoms with E-state index in [1.165, 1.54) is 31.7 Å². The number of hydrogen-bond acceptors (Lipinski definition) is 24. The van der Waals surface area contributed by atoms with Crippen LogP contribution in [-0.4, -0.2) is 236 Å². The lowest BCUT2D eigenvalue weighted by molar-refractivity contribution is -0.274. The third-order valence-electron chi connectivity index (χ3n) is 25.0. The van der Waals surface area contributed by atoms with Crippen molar-refractivity contribution in [3.05, 3.63) is 278 Å². The number of urea groups is 4. The zero-order chi connectivity index (χ0) is 106. The van der Waals surface area contributed by atoms with Gasteiger partial charge in [0.05, 0.1) is 110 Å². The first-order valence-electron chi connectivity index (χ1n) is 48.5. The molecule has 16 rings (SSSR count). The highest BCUT2D eigenvalue weighted by Crippen LogP contribution is 2.50. The molecule has 3 aliphatic heterocycles. The summed E-state index contributed by atoms with van der Waals surface area (Å²) in [6.45, 7) is 21.5. The molecule has 1 unspecified atom stereocenters. The third-order valence-corrected chi connectivity index (χ3v) is 25.0. The lowest BCUT2D eigenvalue weighted by atomic mass is 9.62. The summed E-state index contributed by atoms with van der Waals surface area (Å²) >= 11 is 0. The van der Waals surface area contributed by atoms with Gasteiger partial charge in [0.1, 0.15) is 48.3 Å². The fourth-order valence-corrected chi connectivity index (χ4v) is 17.4. The first-order chi connectivity index (χ1) is 71.2. The van der Waals surface area contributed by atoms with E-state index >= 15 is 0 Å². The van der Waals surface area contributed by atoms with Gasteiger partial charge in [-0.05, 0) is 206 Å². The lowest BCUT2D eigenvalue weighted by Gasteiger charge is -2.57. The monoisotopic (exact) mass is 2050 g/mol. The molecule has 1 saturated carbocycles. The standard InChI is InChI=1S/C28H37N5O3.C27H32F3N5O5.C27H33N5O3.C24H31N5O4.CF2O/c1-20-12-13-22(18-35-4)15-24(20)16-29-28(34)30-26-21(2)27(31-33(26)25-10-6-5-7-11-25)36-19-23-9-8-14-32(3)17-23;1-18-24(32-26(36)31-14-20-13-19(15-37-3)9-10-23(20)40-27(28,29)30)35(21-7-5-4-6-8-21)33-25(18)39-17-22-16-38-12-11-34(22)2;1-19-24(29-26(33)28-15-20-8-7-9-21(12-20)16-34-3)32(22-10-5-4-6-11-22)30-25(19)35-23-13-27(14-23)17-31(2)18-27;1-16-9-10-18(14-32-3)11-19(16)12-26-24(31)27-22-17(2)23(33-15-20(25)13-30)28-29(22)21-7-5-4-6-8-21;2-1(3)4/h5-7,10-13,15,23H,8-9,14,16-19H2,1-4H3,(H2,29,30,34);4-10,13,22H,11-12,14-17H2,1-3H3,(H2,31,32,36);4-12,23H,13-18H2,1-3H3,(H2,28,29,33);4-11,20,30H,12-15,25H2,1-3H3,(H2,26,27,31);/t;22-;;20-;/m.0.1./s1. The Hall–Kier alpha value is -14.4. The number of carbonyl (C=O) groups excluding carboxylic acids is 5. The Labute approximate surface area is 857 Å². The van der Waals surface area contributed by atoms with Crippen LogP contribution in [-0.2, 0) is 76.3 Å². The quantitative estimate of drug-likeness (QED) is 0.0128. The number of morpholine rings is 1. The molecule has 0 radical (unpaired) electrons. The molecule has 148 heavy (non-hydrogen) atoms. The molecule has 0 bridgehead atoms.